The molecule has 1 aromatic rings. The molecule has 86 valence electrons. The van der Waals surface area contributed by atoms with Gasteiger partial charge in [0, 0.05) is 24.6 Å². The standard InChI is InChI=1S/C10H13N3OS2/c1-6-3-11-9(15-4-6)13-10-12-8(5-16-10)7(2)14/h5-6H,3-4H2,1-2H3,(H,11,12,13). The number of aromatic nitrogens is 1. The molecule has 0 amide bonds. The van der Waals surface area contributed by atoms with Crippen LogP contribution in [0.4, 0.5) is 5.13 Å². The second-order valence-electron chi connectivity index (χ2n) is 3.78. The number of nitrogens with zero attached hydrogens (tertiary/aromatic N) is 2. The van der Waals surface area contributed by atoms with E-state index in [-0.39, 0.29) is 5.78 Å². The quantitative estimate of drug-likeness (QED) is 0.825. The molecule has 1 atom stereocenters. The number of thioether (sulfide) groups is 1. The summed E-state index contributed by atoms with van der Waals surface area (Å²) in [5, 5.41) is 6.56. The largest absolute Gasteiger partial charge is 0.311 e. The van der Waals surface area contributed by atoms with Crippen molar-refractivity contribution in [1.29, 1.82) is 0 Å². The molecule has 2 heterocycles. The van der Waals surface area contributed by atoms with E-state index >= 15 is 0 Å². The maximum Gasteiger partial charge on any atom is 0.189 e. The summed E-state index contributed by atoms with van der Waals surface area (Å²) in [6.45, 7) is 4.57. The monoisotopic (exact) mass is 255 g/mol. The molecule has 1 unspecified atom stereocenters. The van der Waals surface area contributed by atoms with Crippen molar-refractivity contribution in [3.05, 3.63) is 11.1 Å². The summed E-state index contributed by atoms with van der Waals surface area (Å²) in [6, 6.07) is 0. The van der Waals surface area contributed by atoms with Crippen LogP contribution in [0.2, 0.25) is 0 Å². The molecule has 0 aromatic carbocycles. The van der Waals surface area contributed by atoms with E-state index in [1.165, 1.54) is 18.3 Å². The molecule has 0 saturated carbocycles. The van der Waals surface area contributed by atoms with Crippen LogP contribution in [0.15, 0.2) is 10.4 Å². The van der Waals surface area contributed by atoms with Gasteiger partial charge in [-0.25, -0.2) is 4.98 Å². The van der Waals surface area contributed by atoms with E-state index in [1.54, 1.807) is 17.1 Å². The lowest BCUT2D eigenvalue weighted by Crippen LogP contribution is -2.18. The lowest BCUT2D eigenvalue weighted by molar-refractivity contribution is 0.101. The number of rotatable bonds is 2. The van der Waals surface area contributed by atoms with Gasteiger partial charge in [0.1, 0.15) is 5.69 Å². The average Bonchev–Trinajstić information content (AvgIpc) is 2.70. The minimum Gasteiger partial charge on any atom is -0.311 e. The van der Waals surface area contributed by atoms with Crippen LogP contribution in [0.1, 0.15) is 24.3 Å². The van der Waals surface area contributed by atoms with Crippen LogP contribution < -0.4 is 5.32 Å². The van der Waals surface area contributed by atoms with E-state index in [9.17, 15) is 4.79 Å². The maximum absolute atomic E-state index is 11.1. The second-order valence-corrected chi connectivity index (χ2v) is 5.65. The molecule has 6 heteroatoms. The maximum atomic E-state index is 11.1. The lowest BCUT2D eigenvalue weighted by atomic mass is 10.2. The Kier molecular flexibility index (Phi) is 3.60. The fraction of sp³-hybridized carbons (Fsp3) is 0.500. The van der Waals surface area contributed by atoms with Crippen molar-refractivity contribution in [3.8, 4) is 0 Å². The normalized spacial score (nSPS) is 20.4. The molecule has 1 N–H and O–H groups in total. The van der Waals surface area contributed by atoms with Crippen LogP contribution in [0.25, 0.3) is 0 Å². The molecule has 0 bridgehead atoms. The van der Waals surface area contributed by atoms with Crippen LogP contribution in [-0.4, -0.2) is 28.2 Å². The van der Waals surface area contributed by atoms with Gasteiger partial charge in [-0.05, 0) is 5.92 Å². The molecule has 4 nitrogen and oxygen atoms in total. The number of thiazole rings is 1. The van der Waals surface area contributed by atoms with Crippen LogP contribution in [0.3, 0.4) is 0 Å². The first kappa shape index (κ1) is 11.6. The van der Waals surface area contributed by atoms with E-state index in [0.717, 1.165) is 22.6 Å². The summed E-state index contributed by atoms with van der Waals surface area (Å²) < 4.78 is 0. The minimum atomic E-state index is -0.00356. The van der Waals surface area contributed by atoms with Crippen molar-refractivity contribution < 1.29 is 4.79 Å². The molecule has 16 heavy (non-hydrogen) atoms. The summed E-state index contributed by atoms with van der Waals surface area (Å²) in [6.07, 6.45) is 0. The number of aliphatic imine (C=N–C) groups is 1. The summed E-state index contributed by atoms with van der Waals surface area (Å²) in [7, 11) is 0. The Morgan fingerprint density at radius 1 is 1.62 bits per heavy atom. The summed E-state index contributed by atoms with van der Waals surface area (Å²) in [5.41, 5.74) is 0.516. The second kappa shape index (κ2) is 4.97. The Hall–Kier alpha value is -0.880. The molecule has 0 aliphatic carbocycles. The van der Waals surface area contributed by atoms with E-state index in [1.807, 2.05) is 0 Å². The van der Waals surface area contributed by atoms with Gasteiger partial charge < -0.3 is 5.32 Å². The molecule has 0 radical (unpaired) electrons. The molecule has 1 aliphatic heterocycles. The number of amidine groups is 1. The van der Waals surface area contributed by atoms with Crippen LogP contribution in [0, 0.1) is 5.92 Å². The van der Waals surface area contributed by atoms with Gasteiger partial charge in [0.05, 0.1) is 0 Å². The third kappa shape index (κ3) is 2.82. The topological polar surface area (TPSA) is 54.4 Å². The van der Waals surface area contributed by atoms with Crippen LogP contribution >= 0.6 is 23.1 Å². The van der Waals surface area contributed by atoms with E-state index in [0.29, 0.717) is 11.6 Å². The predicted molar refractivity (Wildman–Crippen MR) is 69.7 cm³/mol. The number of carbonyl (C=O) groups excluding carboxylic acids is 1. The zero-order chi connectivity index (χ0) is 11.5. The fourth-order valence-corrected chi connectivity index (χ4v) is 2.91. The van der Waals surface area contributed by atoms with E-state index in [4.69, 9.17) is 0 Å². The van der Waals surface area contributed by atoms with Crippen LogP contribution in [0.5, 0.6) is 0 Å². The Morgan fingerprint density at radius 3 is 3.00 bits per heavy atom. The van der Waals surface area contributed by atoms with Gasteiger partial charge in [0.25, 0.3) is 0 Å². The molecule has 0 fully saturated rings. The summed E-state index contributed by atoms with van der Waals surface area (Å²) in [5.74, 6) is 1.72. The highest BCUT2D eigenvalue weighted by atomic mass is 32.2. The zero-order valence-corrected chi connectivity index (χ0v) is 10.8. The predicted octanol–water partition coefficient (Wildman–Crippen LogP) is 2.50. The molecule has 0 spiro atoms. The smallest absolute Gasteiger partial charge is 0.189 e. The fourth-order valence-electron chi connectivity index (χ4n) is 1.22. The van der Waals surface area contributed by atoms with Gasteiger partial charge >= 0.3 is 0 Å². The number of ketones is 1. The molecule has 0 saturated heterocycles. The molecular formula is C10H13N3OS2. The highest BCUT2D eigenvalue weighted by Crippen LogP contribution is 2.21. The van der Waals surface area contributed by atoms with Gasteiger partial charge in [0.15, 0.2) is 16.1 Å². The van der Waals surface area contributed by atoms with Crippen molar-refractivity contribution in [2.24, 2.45) is 10.9 Å². The first-order valence-corrected chi connectivity index (χ1v) is 6.92. The van der Waals surface area contributed by atoms with Crippen molar-refractivity contribution in [1.82, 2.24) is 4.98 Å². The third-order valence-electron chi connectivity index (χ3n) is 2.13. The van der Waals surface area contributed by atoms with Gasteiger partial charge in [-0.3, -0.25) is 9.79 Å². The highest BCUT2D eigenvalue weighted by molar-refractivity contribution is 8.14. The Balaban J connectivity index is 2.01. The first-order valence-electron chi connectivity index (χ1n) is 5.06. The van der Waals surface area contributed by atoms with Crippen molar-refractivity contribution in [2.75, 3.05) is 17.6 Å². The Labute approximate surface area is 103 Å². The Morgan fingerprint density at radius 2 is 2.44 bits per heavy atom. The highest BCUT2D eigenvalue weighted by Gasteiger charge is 2.13. The molecule has 1 aromatic heterocycles. The number of nitrogens with one attached hydrogen (secondary N) is 1. The van der Waals surface area contributed by atoms with E-state index in [2.05, 4.69) is 22.2 Å². The zero-order valence-electron chi connectivity index (χ0n) is 9.19. The van der Waals surface area contributed by atoms with Crippen LogP contribution in [-0.2, 0) is 0 Å². The number of Topliss-reactive ketones (excluding diaryl/α,β-unsaturated/α-hetero) is 1. The summed E-state index contributed by atoms with van der Waals surface area (Å²) >= 11 is 3.14. The van der Waals surface area contributed by atoms with Crippen molar-refractivity contribution >= 4 is 39.2 Å². The molecular weight excluding hydrogens is 242 g/mol. The van der Waals surface area contributed by atoms with Gasteiger partial charge in [0.2, 0.25) is 0 Å². The van der Waals surface area contributed by atoms with Gasteiger partial charge in [-0.2, -0.15) is 0 Å². The lowest BCUT2D eigenvalue weighted by Gasteiger charge is -2.16. The third-order valence-corrected chi connectivity index (χ3v) is 4.13. The minimum absolute atomic E-state index is 0.00356. The number of hydrogen-bond acceptors (Lipinski definition) is 6. The van der Waals surface area contributed by atoms with Gasteiger partial charge in [-0.15, -0.1) is 11.3 Å². The van der Waals surface area contributed by atoms with Crippen molar-refractivity contribution in [3.63, 3.8) is 0 Å². The average molecular weight is 255 g/mol. The summed E-state index contributed by atoms with van der Waals surface area (Å²) in [4.78, 5) is 19.7. The first-order chi connectivity index (χ1) is 7.65. The molecule has 1 aliphatic rings. The number of carbonyl (C=O) groups is 1. The Bertz CT molecular complexity index is 427. The SMILES string of the molecule is CC(=O)c1csc(NC2=NCC(C)CS2)n1. The van der Waals surface area contributed by atoms with Crippen molar-refractivity contribution in [2.45, 2.75) is 13.8 Å². The molecule has 2 rings (SSSR count). The number of hydrogen-bond donors (Lipinski definition) is 1. The van der Waals surface area contributed by atoms with Gasteiger partial charge in [-0.1, -0.05) is 18.7 Å². The van der Waals surface area contributed by atoms with E-state index < -0.39 is 0 Å². The number of anilines is 1.